The highest BCUT2D eigenvalue weighted by Gasteiger charge is 2.13. The van der Waals surface area contributed by atoms with Crippen molar-refractivity contribution in [3.63, 3.8) is 0 Å². The number of hydrogen-bond donors (Lipinski definition) is 5. The highest BCUT2D eigenvalue weighted by Crippen LogP contribution is 2.20. The Hall–Kier alpha value is -3.09. The zero-order valence-corrected chi connectivity index (χ0v) is 22.9. The van der Waals surface area contributed by atoms with Crippen LogP contribution in [0, 0.1) is 5.92 Å². The van der Waals surface area contributed by atoms with Gasteiger partial charge in [-0.25, -0.2) is 0 Å². The predicted octanol–water partition coefficient (Wildman–Crippen LogP) is 4.27. The Morgan fingerprint density at radius 2 is 1.57 bits per heavy atom. The number of hydrogen-bond acceptors (Lipinski definition) is 6. The van der Waals surface area contributed by atoms with Gasteiger partial charge in [0.05, 0.1) is 6.54 Å². The minimum absolute atomic E-state index is 0.155. The molecule has 2 aromatic rings. The van der Waals surface area contributed by atoms with Crippen molar-refractivity contribution in [2.75, 3.05) is 51.6 Å². The molecule has 0 saturated carbocycles. The Balaban J connectivity index is 1.68. The number of unbranched alkanes of at least 4 members (excludes halogenated alkanes) is 1. The van der Waals surface area contributed by atoms with Crippen LogP contribution in [0.4, 0.5) is 5.69 Å². The molecule has 1 unspecified atom stereocenters. The summed E-state index contributed by atoms with van der Waals surface area (Å²) in [5.41, 5.74) is 5.79. The molecule has 0 bridgehead atoms. The van der Waals surface area contributed by atoms with Gasteiger partial charge in [0.1, 0.15) is 5.78 Å². The van der Waals surface area contributed by atoms with Gasteiger partial charge >= 0.3 is 0 Å². The molecule has 0 aromatic heterocycles. The molecule has 1 atom stereocenters. The summed E-state index contributed by atoms with van der Waals surface area (Å²) in [5.74, 6) is 0.585. The molecule has 0 spiro atoms. The first-order valence-corrected chi connectivity index (χ1v) is 13.5. The molecular formula is C31H47N5O. The molecule has 6 heteroatoms. The van der Waals surface area contributed by atoms with Crippen LogP contribution in [0.5, 0.6) is 0 Å². The van der Waals surface area contributed by atoms with Gasteiger partial charge in [-0.15, -0.1) is 0 Å². The van der Waals surface area contributed by atoms with E-state index in [1.54, 1.807) is 6.92 Å². The van der Waals surface area contributed by atoms with E-state index in [0.717, 1.165) is 69.1 Å². The van der Waals surface area contributed by atoms with E-state index >= 15 is 0 Å². The zero-order valence-electron chi connectivity index (χ0n) is 22.9. The van der Waals surface area contributed by atoms with Gasteiger partial charge in [-0.05, 0) is 63.0 Å². The molecule has 2 rings (SSSR count). The fourth-order valence-corrected chi connectivity index (χ4v) is 4.21. The zero-order chi connectivity index (χ0) is 26.7. The second kappa shape index (κ2) is 18.2. The summed E-state index contributed by atoms with van der Waals surface area (Å²) < 4.78 is 0. The molecule has 6 nitrogen and oxygen atoms in total. The first-order chi connectivity index (χ1) is 18.0. The molecule has 37 heavy (non-hydrogen) atoms. The van der Waals surface area contributed by atoms with E-state index in [9.17, 15) is 4.79 Å². The fourth-order valence-electron chi connectivity index (χ4n) is 4.21. The topological polar surface area (TPSA) is 77.2 Å². The van der Waals surface area contributed by atoms with Crippen molar-refractivity contribution < 1.29 is 4.79 Å². The third kappa shape index (κ3) is 13.7. The van der Waals surface area contributed by atoms with E-state index < -0.39 is 0 Å². The molecule has 202 valence electrons. The van der Waals surface area contributed by atoms with Crippen molar-refractivity contribution in [1.82, 2.24) is 21.3 Å². The minimum Gasteiger partial charge on any atom is -0.387 e. The maximum absolute atomic E-state index is 11.0. The second-order valence-corrected chi connectivity index (χ2v) is 9.65. The number of anilines is 1. The number of benzene rings is 2. The Kier molecular flexibility index (Phi) is 14.8. The Morgan fingerprint density at radius 1 is 0.838 bits per heavy atom. The van der Waals surface area contributed by atoms with Crippen LogP contribution in [0.25, 0.3) is 0 Å². The van der Waals surface area contributed by atoms with Crippen molar-refractivity contribution in [3.8, 4) is 0 Å². The lowest BCUT2D eigenvalue weighted by Gasteiger charge is -2.22. The summed E-state index contributed by atoms with van der Waals surface area (Å²) >= 11 is 0. The van der Waals surface area contributed by atoms with Gasteiger partial charge < -0.3 is 26.6 Å². The third-order valence-corrected chi connectivity index (χ3v) is 6.28. The Bertz CT molecular complexity index is 926. The molecule has 0 amide bonds. The van der Waals surface area contributed by atoms with Crippen LogP contribution in [0.15, 0.2) is 79.1 Å². The maximum atomic E-state index is 11.0. The normalized spacial score (nSPS) is 11.5. The maximum Gasteiger partial charge on any atom is 0.143 e. The van der Waals surface area contributed by atoms with E-state index in [2.05, 4.69) is 94.3 Å². The Morgan fingerprint density at radius 3 is 2.27 bits per heavy atom. The van der Waals surface area contributed by atoms with Crippen LogP contribution in [-0.2, 0) is 17.6 Å². The SMILES string of the molecule is C=C(Cc1ccc(NCCNCC(C)=O)cc1)NCCNC(=C)C(CCCCNC)Cc1ccccc1. The van der Waals surface area contributed by atoms with Gasteiger partial charge in [-0.2, -0.15) is 0 Å². The van der Waals surface area contributed by atoms with Gasteiger partial charge in [0.15, 0.2) is 0 Å². The van der Waals surface area contributed by atoms with Crippen molar-refractivity contribution in [2.24, 2.45) is 5.92 Å². The number of ketones is 1. The smallest absolute Gasteiger partial charge is 0.143 e. The van der Waals surface area contributed by atoms with Gasteiger partial charge in [-0.1, -0.05) is 62.0 Å². The lowest BCUT2D eigenvalue weighted by atomic mass is 9.91. The highest BCUT2D eigenvalue weighted by atomic mass is 16.1. The fraction of sp³-hybridized carbons (Fsp3) is 0.452. The van der Waals surface area contributed by atoms with Crippen molar-refractivity contribution in [2.45, 2.75) is 39.0 Å². The molecular weight excluding hydrogens is 458 g/mol. The number of carbonyl (C=O) groups is 1. The van der Waals surface area contributed by atoms with Crippen molar-refractivity contribution >= 4 is 11.5 Å². The van der Waals surface area contributed by atoms with Crippen LogP contribution in [-0.4, -0.2) is 52.1 Å². The summed E-state index contributed by atoms with van der Waals surface area (Å²) in [7, 11) is 2.01. The molecule has 0 aliphatic rings. The molecule has 0 heterocycles. The number of allylic oxidation sites excluding steroid dienone is 2. The summed E-state index contributed by atoms with van der Waals surface area (Å²) in [5, 5.41) is 16.7. The molecule has 2 aromatic carbocycles. The van der Waals surface area contributed by atoms with E-state index in [1.807, 2.05) is 7.05 Å². The van der Waals surface area contributed by atoms with Crippen LogP contribution in [0.1, 0.15) is 37.3 Å². The minimum atomic E-state index is 0.155. The average Bonchev–Trinajstić information content (AvgIpc) is 2.89. The first kappa shape index (κ1) is 30.1. The molecule has 0 radical (unpaired) electrons. The molecule has 0 aliphatic heterocycles. The van der Waals surface area contributed by atoms with Gasteiger partial charge in [-0.3, -0.25) is 4.79 Å². The monoisotopic (exact) mass is 505 g/mol. The molecule has 0 saturated heterocycles. The van der Waals surface area contributed by atoms with E-state index in [1.165, 1.54) is 24.0 Å². The number of Topliss-reactive ketones (excluding diaryl/α,β-unsaturated/α-hetero) is 1. The summed E-state index contributed by atoms with van der Waals surface area (Å²) in [6, 6.07) is 19.1. The predicted molar refractivity (Wildman–Crippen MR) is 158 cm³/mol. The van der Waals surface area contributed by atoms with Crippen molar-refractivity contribution in [1.29, 1.82) is 0 Å². The first-order valence-electron chi connectivity index (χ1n) is 13.5. The van der Waals surface area contributed by atoms with Crippen LogP contribution in [0.3, 0.4) is 0 Å². The second-order valence-electron chi connectivity index (χ2n) is 9.65. The molecule has 0 fully saturated rings. The van der Waals surface area contributed by atoms with Gasteiger partial charge in [0, 0.05) is 55.6 Å². The Labute approximate surface area is 224 Å². The number of carbonyl (C=O) groups excluding carboxylic acids is 1. The van der Waals surface area contributed by atoms with Crippen LogP contribution >= 0.6 is 0 Å². The van der Waals surface area contributed by atoms with Gasteiger partial charge in [0.2, 0.25) is 0 Å². The lowest BCUT2D eigenvalue weighted by Crippen LogP contribution is -2.29. The van der Waals surface area contributed by atoms with Crippen LogP contribution in [0.2, 0.25) is 0 Å². The third-order valence-electron chi connectivity index (χ3n) is 6.28. The quantitative estimate of drug-likeness (QED) is 0.163. The molecule has 0 aliphatic carbocycles. The number of nitrogens with one attached hydrogen (secondary N) is 5. The van der Waals surface area contributed by atoms with E-state index in [4.69, 9.17) is 0 Å². The summed E-state index contributed by atoms with van der Waals surface area (Å²) in [4.78, 5) is 11.0. The van der Waals surface area contributed by atoms with Gasteiger partial charge in [0.25, 0.3) is 0 Å². The average molecular weight is 506 g/mol. The number of rotatable bonds is 21. The largest absolute Gasteiger partial charge is 0.387 e. The molecule has 5 N–H and O–H groups in total. The highest BCUT2D eigenvalue weighted by molar-refractivity contribution is 5.77. The summed E-state index contributed by atoms with van der Waals surface area (Å²) in [6.07, 6.45) is 5.34. The summed E-state index contributed by atoms with van der Waals surface area (Å²) in [6.45, 7) is 14.8. The lowest BCUT2D eigenvalue weighted by molar-refractivity contribution is -0.116. The standard InChI is InChI=1S/C31H47N5O/c1-25(22-29-13-15-31(16-14-29)36-19-18-33-24-26(2)37)34-20-21-35-27(3)30(12-8-9-17-32-4)23-28-10-6-5-7-11-28/h5-7,10-11,13-16,30,32-36H,1,3,8-9,12,17-24H2,2,4H3. The van der Waals surface area contributed by atoms with Crippen molar-refractivity contribution in [3.05, 3.63) is 90.3 Å². The van der Waals surface area contributed by atoms with Crippen LogP contribution < -0.4 is 26.6 Å². The van der Waals surface area contributed by atoms with E-state index in [0.29, 0.717) is 12.5 Å². The van der Waals surface area contributed by atoms with E-state index in [-0.39, 0.29) is 5.78 Å².